The van der Waals surface area contributed by atoms with Gasteiger partial charge in [0.25, 0.3) is 5.91 Å². The molecule has 1 unspecified atom stereocenters. The van der Waals surface area contributed by atoms with Crippen LogP contribution in [0.3, 0.4) is 0 Å². The number of carbonyl (C=O) groups is 3. The second-order valence-electron chi connectivity index (χ2n) is 11.5. The second-order valence-corrected chi connectivity index (χ2v) is 11.9. The number of nitrogens with zero attached hydrogens (tertiary/aromatic N) is 3. The Morgan fingerprint density at radius 2 is 1.46 bits per heavy atom. The maximum absolute atomic E-state index is 13.2. The molecule has 2 aromatic carbocycles. The number of carboxylic acid groups (broad SMARTS) is 2. The van der Waals surface area contributed by atoms with Gasteiger partial charge in [-0.05, 0) is 61.1 Å². The SMILES string of the molecule is Nc1nc(N)c(C(=O)NC2CCC[N+](CCCc3cccc(OCC(=O)O)c3)(CCCc3cccc(OCC(=O)O)c3)C2)nc1Cl. The number of nitrogens with two attached hydrogens (primary N) is 2. The lowest BCUT2D eigenvalue weighted by molar-refractivity contribution is -0.933. The second kappa shape index (κ2) is 16.1. The first-order valence-electron chi connectivity index (χ1n) is 15.1. The smallest absolute Gasteiger partial charge is 0.341 e. The van der Waals surface area contributed by atoms with E-state index in [0.717, 1.165) is 73.8 Å². The number of ether oxygens (including phenoxy) is 2. The molecular formula is C32H40ClN6O7+. The van der Waals surface area contributed by atoms with Gasteiger partial charge in [0.1, 0.15) is 11.5 Å². The van der Waals surface area contributed by atoms with Crippen LogP contribution in [0.1, 0.15) is 47.3 Å². The number of nitrogens with one attached hydrogen (secondary N) is 1. The maximum Gasteiger partial charge on any atom is 0.341 e. The molecule has 1 aliphatic rings. The zero-order valence-corrected chi connectivity index (χ0v) is 26.2. The molecule has 246 valence electrons. The molecule has 4 rings (SSSR count). The molecule has 0 bridgehead atoms. The van der Waals surface area contributed by atoms with Crippen molar-refractivity contribution in [2.75, 3.05) is 50.9 Å². The predicted octanol–water partition coefficient (Wildman–Crippen LogP) is 3.20. The molecule has 1 fully saturated rings. The van der Waals surface area contributed by atoms with E-state index in [4.69, 9.17) is 42.8 Å². The highest BCUT2D eigenvalue weighted by atomic mass is 35.5. The van der Waals surface area contributed by atoms with Gasteiger partial charge in [-0.25, -0.2) is 19.6 Å². The fraction of sp³-hybridized carbons (Fsp3) is 0.406. The van der Waals surface area contributed by atoms with Crippen LogP contribution in [0.5, 0.6) is 11.5 Å². The minimum atomic E-state index is -1.03. The van der Waals surface area contributed by atoms with E-state index >= 15 is 0 Å². The molecule has 1 amide bonds. The lowest BCUT2D eigenvalue weighted by Gasteiger charge is -2.45. The lowest BCUT2D eigenvalue weighted by Crippen LogP contribution is -2.60. The van der Waals surface area contributed by atoms with E-state index in [0.29, 0.717) is 18.0 Å². The van der Waals surface area contributed by atoms with E-state index in [1.807, 2.05) is 36.4 Å². The fourth-order valence-electron chi connectivity index (χ4n) is 5.93. The van der Waals surface area contributed by atoms with Crippen molar-refractivity contribution in [3.05, 3.63) is 70.5 Å². The largest absolute Gasteiger partial charge is 0.482 e. The van der Waals surface area contributed by atoms with Crippen molar-refractivity contribution < 1.29 is 38.6 Å². The molecule has 14 heteroatoms. The van der Waals surface area contributed by atoms with Crippen LogP contribution in [0, 0.1) is 0 Å². The van der Waals surface area contributed by atoms with Crippen molar-refractivity contribution >= 4 is 41.1 Å². The summed E-state index contributed by atoms with van der Waals surface area (Å²) in [6.07, 6.45) is 5.00. The van der Waals surface area contributed by atoms with Crippen LogP contribution in [0.4, 0.5) is 11.6 Å². The molecule has 1 atom stereocenters. The van der Waals surface area contributed by atoms with Crippen LogP contribution in [0.2, 0.25) is 5.15 Å². The number of benzene rings is 2. The number of rotatable bonds is 16. The molecule has 1 saturated heterocycles. The Bertz CT molecular complexity index is 1470. The summed E-state index contributed by atoms with van der Waals surface area (Å²) in [6.45, 7) is 2.60. The molecule has 1 aromatic heterocycles. The van der Waals surface area contributed by atoms with E-state index in [-0.39, 0.29) is 28.5 Å². The zero-order valence-electron chi connectivity index (χ0n) is 25.5. The molecule has 3 aromatic rings. The van der Waals surface area contributed by atoms with E-state index in [9.17, 15) is 14.4 Å². The lowest BCUT2D eigenvalue weighted by atomic mass is 9.99. The zero-order chi connectivity index (χ0) is 33.1. The van der Waals surface area contributed by atoms with Crippen LogP contribution in [0.15, 0.2) is 48.5 Å². The van der Waals surface area contributed by atoms with Gasteiger partial charge in [-0.2, -0.15) is 0 Å². The summed E-state index contributed by atoms with van der Waals surface area (Å²) in [5.41, 5.74) is 13.6. The minimum Gasteiger partial charge on any atom is -0.482 e. The standard InChI is InChI=1S/C32H39ClN6O7/c33-29-31(35)38-30(34)28(37-29)32(44)36-23-10-5-15-39(18-23,13-3-8-21-6-1-11-24(16-21)45-19-26(40)41)14-4-9-22-7-2-12-25(17-22)46-20-27(42)43/h1-2,6-7,11-12,16-17,23H,3-5,8-10,13-15,18-20H2,(H6-,34,35,36,38,40,41,42,43,44)/p+1. The maximum atomic E-state index is 13.2. The Balaban J connectivity index is 1.44. The van der Waals surface area contributed by atoms with Crippen molar-refractivity contribution in [3.8, 4) is 11.5 Å². The molecule has 0 radical (unpaired) electrons. The van der Waals surface area contributed by atoms with E-state index in [1.54, 1.807) is 12.1 Å². The fourth-order valence-corrected chi connectivity index (χ4v) is 6.06. The van der Waals surface area contributed by atoms with Crippen molar-refractivity contribution in [1.29, 1.82) is 0 Å². The Hall–Kier alpha value is -4.62. The summed E-state index contributed by atoms with van der Waals surface area (Å²) in [4.78, 5) is 42.9. The van der Waals surface area contributed by atoms with Crippen LogP contribution >= 0.6 is 11.6 Å². The number of likely N-dealkylation sites (tertiary alicyclic amines) is 1. The van der Waals surface area contributed by atoms with Crippen molar-refractivity contribution in [2.24, 2.45) is 0 Å². The molecule has 13 nitrogen and oxygen atoms in total. The molecule has 0 aliphatic carbocycles. The normalized spacial score (nSPS) is 15.5. The van der Waals surface area contributed by atoms with Crippen molar-refractivity contribution in [1.82, 2.24) is 15.3 Å². The third-order valence-corrected chi connectivity index (χ3v) is 8.24. The first-order valence-corrected chi connectivity index (χ1v) is 15.5. The van der Waals surface area contributed by atoms with Crippen molar-refractivity contribution in [3.63, 3.8) is 0 Å². The van der Waals surface area contributed by atoms with Crippen LogP contribution in [-0.2, 0) is 22.4 Å². The number of hydrogen-bond acceptors (Lipinski definition) is 9. The number of amides is 1. The van der Waals surface area contributed by atoms with E-state index in [1.165, 1.54) is 0 Å². The van der Waals surface area contributed by atoms with Gasteiger partial charge in [-0.15, -0.1) is 0 Å². The summed E-state index contributed by atoms with van der Waals surface area (Å²) in [7, 11) is 0. The molecule has 46 heavy (non-hydrogen) atoms. The average Bonchev–Trinajstić information content (AvgIpc) is 3.01. The van der Waals surface area contributed by atoms with Crippen LogP contribution in [-0.4, -0.2) is 87.9 Å². The highest BCUT2D eigenvalue weighted by Gasteiger charge is 2.35. The number of aryl methyl sites for hydroxylation is 2. The Kier molecular flexibility index (Phi) is 12.0. The van der Waals surface area contributed by atoms with Gasteiger partial charge in [-0.3, -0.25) is 4.79 Å². The monoisotopic (exact) mass is 655 g/mol. The summed E-state index contributed by atoms with van der Waals surface area (Å²) < 4.78 is 11.5. The predicted molar refractivity (Wildman–Crippen MR) is 172 cm³/mol. The van der Waals surface area contributed by atoms with Gasteiger partial charge in [-0.1, -0.05) is 35.9 Å². The summed E-state index contributed by atoms with van der Waals surface area (Å²) in [5.74, 6) is -1.60. The van der Waals surface area contributed by atoms with Crippen LogP contribution < -0.4 is 26.3 Å². The number of quaternary nitrogens is 1. The molecule has 1 aliphatic heterocycles. The first kappa shape index (κ1) is 34.3. The van der Waals surface area contributed by atoms with Crippen molar-refractivity contribution in [2.45, 2.75) is 44.6 Å². The number of hydrogen-bond donors (Lipinski definition) is 5. The van der Waals surface area contributed by atoms with Gasteiger partial charge in [0.05, 0.1) is 32.2 Å². The highest BCUT2D eigenvalue weighted by molar-refractivity contribution is 6.31. The van der Waals surface area contributed by atoms with Gasteiger partial charge >= 0.3 is 11.9 Å². The summed E-state index contributed by atoms with van der Waals surface area (Å²) in [6, 6.07) is 14.8. The summed E-state index contributed by atoms with van der Waals surface area (Å²) >= 11 is 6.01. The third kappa shape index (κ3) is 10.2. The number of nitrogen functional groups attached to an aromatic ring is 2. The highest BCUT2D eigenvalue weighted by Crippen LogP contribution is 2.25. The topological polar surface area (TPSA) is 200 Å². The number of carboxylic acids is 2. The molecular weight excluding hydrogens is 616 g/mol. The number of anilines is 2. The number of carbonyl (C=O) groups excluding carboxylic acids is 1. The number of halogens is 1. The molecule has 0 saturated carbocycles. The number of aliphatic carboxylic acids is 2. The van der Waals surface area contributed by atoms with Crippen LogP contribution in [0.25, 0.3) is 0 Å². The Morgan fingerprint density at radius 1 is 0.891 bits per heavy atom. The van der Waals surface area contributed by atoms with E-state index in [2.05, 4.69) is 15.3 Å². The Morgan fingerprint density at radius 3 is 2.00 bits per heavy atom. The van der Waals surface area contributed by atoms with Gasteiger partial charge in [0.15, 0.2) is 35.7 Å². The molecule has 7 N–H and O–H groups in total. The molecule has 2 heterocycles. The average molecular weight is 656 g/mol. The third-order valence-electron chi connectivity index (χ3n) is 7.97. The van der Waals surface area contributed by atoms with Gasteiger partial charge < -0.3 is 41.0 Å². The number of piperidine rings is 1. The minimum absolute atomic E-state index is 0.0398. The Labute approximate surface area is 272 Å². The van der Waals surface area contributed by atoms with Gasteiger partial charge in [0.2, 0.25) is 0 Å². The first-order chi connectivity index (χ1) is 22.0. The van der Waals surface area contributed by atoms with Gasteiger partial charge in [0, 0.05) is 12.8 Å². The number of aromatic nitrogens is 2. The molecule has 0 spiro atoms. The quantitative estimate of drug-likeness (QED) is 0.142. The van der Waals surface area contributed by atoms with E-state index < -0.39 is 31.1 Å². The summed E-state index contributed by atoms with van der Waals surface area (Å²) in [5, 5.41) is 20.9.